The number of nitrogens with one attached hydrogen (secondary N) is 1. The van der Waals surface area contributed by atoms with Crippen LogP contribution in [0.25, 0.3) is 10.9 Å². The van der Waals surface area contributed by atoms with Crippen molar-refractivity contribution in [2.45, 2.75) is 20.3 Å². The van der Waals surface area contributed by atoms with Crippen molar-refractivity contribution >= 4 is 22.8 Å². The number of aryl methyl sites for hydroxylation is 1. The smallest absolute Gasteiger partial charge is 0.339 e. The molecule has 0 atom stereocenters. The highest BCUT2D eigenvalue weighted by molar-refractivity contribution is 6.05. The Balaban J connectivity index is 2.19. The summed E-state index contributed by atoms with van der Waals surface area (Å²) in [7, 11) is 1.55. The molecule has 0 aliphatic heterocycles. The van der Waals surface area contributed by atoms with E-state index in [1.54, 1.807) is 7.11 Å². The Morgan fingerprint density at radius 2 is 2.00 bits per heavy atom. The van der Waals surface area contributed by atoms with E-state index in [9.17, 15) is 9.59 Å². The lowest BCUT2D eigenvalue weighted by molar-refractivity contribution is -0.124. The minimum absolute atomic E-state index is 0.319. The van der Waals surface area contributed by atoms with Gasteiger partial charge in [0.1, 0.15) is 0 Å². The third-order valence-electron chi connectivity index (χ3n) is 3.74. The number of amides is 1. The van der Waals surface area contributed by atoms with Gasteiger partial charge in [-0.05, 0) is 25.0 Å². The van der Waals surface area contributed by atoms with Crippen LogP contribution in [0.5, 0.6) is 0 Å². The average Bonchev–Trinajstić information content (AvgIpc) is 2.59. The molecule has 0 spiro atoms. The summed E-state index contributed by atoms with van der Waals surface area (Å²) >= 11 is 0. The van der Waals surface area contributed by atoms with Gasteiger partial charge in [0, 0.05) is 24.7 Å². The van der Waals surface area contributed by atoms with Gasteiger partial charge < -0.3 is 14.8 Å². The predicted molar refractivity (Wildman–Crippen MR) is 91.0 cm³/mol. The van der Waals surface area contributed by atoms with Crippen molar-refractivity contribution in [3.63, 3.8) is 0 Å². The normalized spacial score (nSPS) is 10.6. The maximum atomic E-state index is 12.5. The molecule has 0 aliphatic carbocycles. The number of aromatic nitrogens is 1. The van der Waals surface area contributed by atoms with E-state index in [1.165, 1.54) is 0 Å². The molecule has 128 valence electrons. The van der Waals surface area contributed by atoms with Gasteiger partial charge >= 0.3 is 5.97 Å². The number of hydrogen-bond acceptors (Lipinski definition) is 5. The van der Waals surface area contributed by atoms with Gasteiger partial charge in [0.15, 0.2) is 6.61 Å². The number of para-hydroxylation sites is 1. The van der Waals surface area contributed by atoms with Crippen LogP contribution in [0, 0.1) is 6.92 Å². The maximum absolute atomic E-state index is 12.5. The van der Waals surface area contributed by atoms with Crippen molar-refractivity contribution in [1.29, 1.82) is 0 Å². The molecule has 2 aromatic rings. The molecule has 0 radical (unpaired) electrons. The Labute approximate surface area is 141 Å². The van der Waals surface area contributed by atoms with Gasteiger partial charge in [-0.25, -0.2) is 4.79 Å². The quantitative estimate of drug-likeness (QED) is 0.621. The number of hydrogen-bond donors (Lipinski definition) is 1. The van der Waals surface area contributed by atoms with E-state index in [0.717, 1.165) is 22.2 Å². The standard InChI is InChI=1S/C18H22N2O4/c1-4-14-12(2)17(13-7-5-6-8-15(13)20-14)18(22)24-11-16(21)19-9-10-23-3/h5-8H,4,9-11H2,1-3H3,(H,19,21). The fourth-order valence-electron chi connectivity index (χ4n) is 2.51. The number of nitrogens with zero attached hydrogens (tertiary/aromatic N) is 1. The minimum Gasteiger partial charge on any atom is -0.452 e. The molecule has 1 aromatic carbocycles. The summed E-state index contributed by atoms with van der Waals surface area (Å²) in [5, 5.41) is 3.34. The van der Waals surface area contributed by atoms with Gasteiger partial charge in [0.05, 0.1) is 17.7 Å². The number of pyridine rings is 1. The van der Waals surface area contributed by atoms with E-state index in [1.807, 2.05) is 38.1 Å². The second-order valence-corrected chi connectivity index (χ2v) is 5.35. The summed E-state index contributed by atoms with van der Waals surface area (Å²) in [5.41, 5.74) is 2.87. The van der Waals surface area contributed by atoms with Crippen LogP contribution >= 0.6 is 0 Å². The van der Waals surface area contributed by atoms with Crippen LogP contribution < -0.4 is 5.32 Å². The molecule has 6 heteroatoms. The van der Waals surface area contributed by atoms with Gasteiger partial charge in [0.2, 0.25) is 0 Å². The van der Waals surface area contributed by atoms with Crippen LogP contribution in [0.4, 0.5) is 0 Å². The Bertz CT molecular complexity index is 743. The molecule has 0 aliphatic rings. The first kappa shape index (κ1) is 17.9. The number of carbonyl (C=O) groups is 2. The largest absolute Gasteiger partial charge is 0.452 e. The lowest BCUT2D eigenvalue weighted by Gasteiger charge is -2.13. The number of rotatable bonds is 7. The molecule has 0 bridgehead atoms. The Morgan fingerprint density at radius 3 is 2.71 bits per heavy atom. The zero-order chi connectivity index (χ0) is 17.5. The molecule has 1 aromatic heterocycles. The molecule has 0 fully saturated rings. The first-order valence-electron chi connectivity index (χ1n) is 7.89. The third kappa shape index (κ3) is 4.08. The van der Waals surface area contributed by atoms with E-state index >= 15 is 0 Å². The SMILES string of the molecule is CCc1nc2ccccc2c(C(=O)OCC(=O)NCCOC)c1C. The van der Waals surface area contributed by atoms with Crippen LogP contribution in [0.2, 0.25) is 0 Å². The first-order chi connectivity index (χ1) is 11.6. The molecule has 2 rings (SSSR count). The second kappa shape index (κ2) is 8.40. The Kier molecular flexibility index (Phi) is 6.26. The van der Waals surface area contributed by atoms with E-state index in [4.69, 9.17) is 9.47 Å². The Morgan fingerprint density at radius 1 is 1.25 bits per heavy atom. The van der Waals surface area contributed by atoms with Gasteiger partial charge in [-0.2, -0.15) is 0 Å². The molecule has 0 saturated carbocycles. The molecule has 0 saturated heterocycles. The number of methoxy groups -OCH3 is 1. The van der Waals surface area contributed by atoms with Gasteiger partial charge in [-0.3, -0.25) is 9.78 Å². The number of benzene rings is 1. The zero-order valence-corrected chi connectivity index (χ0v) is 14.2. The lowest BCUT2D eigenvalue weighted by Crippen LogP contribution is -2.31. The average molecular weight is 330 g/mol. The van der Waals surface area contributed by atoms with Gasteiger partial charge in [-0.15, -0.1) is 0 Å². The summed E-state index contributed by atoms with van der Waals surface area (Å²) in [6.07, 6.45) is 0.717. The van der Waals surface area contributed by atoms with Crippen LogP contribution in [0.15, 0.2) is 24.3 Å². The van der Waals surface area contributed by atoms with Gasteiger partial charge in [0.25, 0.3) is 5.91 Å². The molecular formula is C18H22N2O4. The highest BCUT2D eigenvalue weighted by atomic mass is 16.5. The highest BCUT2D eigenvalue weighted by Gasteiger charge is 2.19. The van der Waals surface area contributed by atoms with Crippen LogP contribution in [-0.2, 0) is 20.7 Å². The highest BCUT2D eigenvalue weighted by Crippen LogP contribution is 2.24. The molecule has 1 N–H and O–H groups in total. The molecule has 6 nitrogen and oxygen atoms in total. The molecule has 1 amide bonds. The van der Waals surface area contributed by atoms with Crippen molar-refractivity contribution in [2.75, 3.05) is 26.9 Å². The fourth-order valence-corrected chi connectivity index (χ4v) is 2.51. The fraction of sp³-hybridized carbons (Fsp3) is 0.389. The number of ether oxygens (including phenoxy) is 2. The zero-order valence-electron chi connectivity index (χ0n) is 14.2. The summed E-state index contributed by atoms with van der Waals surface area (Å²) in [6.45, 7) is 4.31. The van der Waals surface area contributed by atoms with Crippen molar-refractivity contribution in [1.82, 2.24) is 10.3 Å². The maximum Gasteiger partial charge on any atom is 0.339 e. The second-order valence-electron chi connectivity index (χ2n) is 5.35. The molecular weight excluding hydrogens is 308 g/mol. The minimum atomic E-state index is -0.511. The van der Waals surface area contributed by atoms with Crippen LogP contribution in [0.3, 0.4) is 0 Å². The summed E-state index contributed by atoms with van der Waals surface area (Å²) in [5.74, 6) is -0.866. The van der Waals surface area contributed by atoms with Crippen molar-refractivity contribution in [2.24, 2.45) is 0 Å². The lowest BCUT2D eigenvalue weighted by atomic mass is 10.0. The van der Waals surface area contributed by atoms with Crippen LogP contribution in [-0.4, -0.2) is 43.7 Å². The van der Waals surface area contributed by atoms with E-state index < -0.39 is 5.97 Å². The number of fused-ring (bicyclic) bond motifs is 1. The number of esters is 1. The van der Waals surface area contributed by atoms with Gasteiger partial charge in [-0.1, -0.05) is 25.1 Å². The molecule has 24 heavy (non-hydrogen) atoms. The molecule has 1 heterocycles. The Hall–Kier alpha value is -2.47. The van der Waals surface area contributed by atoms with E-state index in [-0.39, 0.29) is 12.5 Å². The summed E-state index contributed by atoms with van der Waals surface area (Å²) < 4.78 is 10.0. The van der Waals surface area contributed by atoms with Crippen molar-refractivity contribution < 1.29 is 19.1 Å². The van der Waals surface area contributed by atoms with E-state index in [0.29, 0.717) is 25.1 Å². The predicted octanol–water partition coefficient (Wildman–Crippen LogP) is 2.03. The van der Waals surface area contributed by atoms with Crippen LogP contribution in [0.1, 0.15) is 28.5 Å². The number of carbonyl (C=O) groups excluding carboxylic acids is 2. The molecule has 0 unspecified atom stereocenters. The van der Waals surface area contributed by atoms with Crippen molar-refractivity contribution in [3.05, 3.63) is 41.1 Å². The van der Waals surface area contributed by atoms with Crippen molar-refractivity contribution in [3.8, 4) is 0 Å². The third-order valence-corrected chi connectivity index (χ3v) is 3.74. The first-order valence-corrected chi connectivity index (χ1v) is 7.89. The van der Waals surface area contributed by atoms with E-state index in [2.05, 4.69) is 10.3 Å². The summed E-state index contributed by atoms with van der Waals surface area (Å²) in [6, 6.07) is 7.43. The summed E-state index contributed by atoms with van der Waals surface area (Å²) in [4.78, 5) is 28.8. The monoisotopic (exact) mass is 330 g/mol. The topological polar surface area (TPSA) is 77.5 Å².